The van der Waals surface area contributed by atoms with Crippen molar-refractivity contribution in [2.75, 3.05) is 5.43 Å². The third-order valence-corrected chi connectivity index (χ3v) is 3.93. The minimum Gasteiger partial charge on any atom is -0.272 e. The summed E-state index contributed by atoms with van der Waals surface area (Å²) in [5.74, 6) is 0.369. The smallest absolute Gasteiger partial charge is 0.244 e. The Bertz CT molecular complexity index is 822. The van der Waals surface area contributed by atoms with Crippen molar-refractivity contribution in [1.29, 1.82) is 0 Å². The molecular formula is C14H13FN6S. The van der Waals surface area contributed by atoms with E-state index < -0.39 is 0 Å². The van der Waals surface area contributed by atoms with Crippen LogP contribution in [0.2, 0.25) is 0 Å². The lowest BCUT2D eigenvalue weighted by atomic mass is 10.2. The Morgan fingerprint density at radius 2 is 2.23 bits per heavy atom. The molecule has 112 valence electrons. The Kier molecular flexibility index (Phi) is 3.92. The Labute approximate surface area is 130 Å². The highest BCUT2D eigenvalue weighted by molar-refractivity contribution is 7.12. The van der Waals surface area contributed by atoms with Gasteiger partial charge in [-0.2, -0.15) is 14.6 Å². The van der Waals surface area contributed by atoms with E-state index in [1.807, 2.05) is 20.0 Å². The second-order valence-electron chi connectivity index (χ2n) is 4.54. The van der Waals surface area contributed by atoms with Crippen LogP contribution in [0.3, 0.4) is 0 Å². The fourth-order valence-electron chi connectivity index (χ4n) is 1.86. The van der Waals surface area contributed by atoms with E-state index in [1.165, 1.54) is 12.3 Å². The van der Waals surface area contributed by atoms with Gasteiger partial charge in [0.25, 0.3) is 0 Å². The summed E-state index contributed by atoms with van der Waals surface area (Å²) in [6.45, 7) is 1.97. The standard InChI is InChI=1S/C14H13FN6S/c1-9-11(8-18-21(9)2)12-5-6-16-14(19-12)20-17-7-10-3-4-13(15)22-10/h3-8H,1-2H3,(H,16,19,20)/b17-7+. The number of anilines is 1. The van der Waals surface area contributed by atoms with Gasteiger partial charge < -0.3 is 0 Å². The number of aryl methyl sites for hydroxylation is 1. The fraction of sp³-hybridized carbons (Fsp3) is 0.143. The molecule has 8 heteroatoms. The van der Waals surface area contributed by atoms with Crippen LogP contribution < -0.4 is 5.43 Å². The average molecular weight is 316 g/mol. The summed E-state index contributed by atoms with van der Waals surface area (Å²) < 4.78 is 14.6. The third kappa shape index (κ3) is 3.01. The second-order valence-corrected chi connectivity index (χ2v) is 5.61. The largest absolute Gasteiger partial charge is 0.272 e. The number of nitrogens with zero attached hydrogens (tertiary/aromatic N) is 5. The highest BCUT2D eigenvalue weighted by Gasteiger charge is 2.08. The highest BCUT2D eigenvalue weighted by Crippen LogP contribution is 2.20. The van der Waals surface area contributed by atoms with E-state index in [0.717, 1.165) is 28.3 Å². The summed E-state index contributed by atoms with van der Waals surface area (Å²) in [7, 11) is 1.88. The molecule has 3 rings (SSSR count). The van der Waals surface area contributed by atoms with Crippen molar-refractivity contribution in [2.45, 2.75) is 6.92 Å². The molecule has 0 aromatic carbocycles. The van der Waals surface area contributed by atoms with E-state index >= 15 is 0 Å². The van der Waals surface area contributed by atoms with Crippen LogP contribution in [-0.2, 0) is 7.05 Å². The molecule has 3 heterocycles. The topological polar surface area (TPSA) is 68.0 Å². The maximum atomic E-state index is 12.9. The van der Waals surface area contributed by atoms with E-state index in [4.69, 9.17) is 0 Å². The first-order valence-electron chi connectivity index (χ1n) is 6.50. The Hall–Kier alpha value is -2.61. The molecule has 0 unspecified atom stereocenters. The lowest BCUT2D eigenvalue weighted by Crippen LogP contribution is -1.98. The first-order valence-corrected chi connectivity index (χ1v) is 7.31. The van der Waals surface area contributed by atoms with Gasteiger partial charge in [0.2, 0.25) is 5.95 Å². The molecule has 0 fully saturated rings. The monoisotopic (exact) mass is 316 g/mol. The number of rotatable bonds is 4. The molecule has 3 aromatic rings. The van der Waals surface area contributed by atoms with Gasteiger partial charge in [-0.3, -0.25) is 4.68 Å². The maximum Gasteiger partial charge on any atom is 0.244 e. The highest BCUT2D eigenvalue weighted by atomic mass is 32.1. The van der Waals surface area contributed by atoms with Crippen molar-refractivity contribution >= 4 is 23.5 Å². The van der Waals surface area contributed by atoms with Crippen LogP contribution in [0.15, 0.2) is 35.7 Å². The molecule has 0 aliphatic carbocycles. The van der Waals surface area contributed by atoms with Crippen LogP contribution in [-0.4, -0.2) is 26.0 Å². The number of aromatic nitrogens is 4. The van der Waals surface area contributed by atoms with Gasteiger partial charge in [0.15, 0.2) is 5.13 Å². The van der Waals surface area contributed by atoms with Crippen molar-refractivity contribution in [3.63, 3.8) is 0 Å². The van der Waals surface area contributed by atoms with E-state index in [9.17, 15) is 4.39 Å². The van der Waals surface area contributed by atoms with Gasteiger partial charge in [0.1, 0.15) is 0 Å². The van der Waals surface area contributed by atoms with Gasteiger partial charge in [-0.15, -0.1) is 11.3 Å². The number of hydrazone groups is 1. The van der Waals surface area contributed by atoms with Crippen molar-refractivity contribution in [3.05, 3.63) is 46.3 Å². The van der Waals surface area contributed by atoms with Gasteiger partial charge >= 0.3 is 0 Å². The Balaban J connectivity index is 1.77. The van der Waals surface area contributed by atoms with Gasteiger partial charge in [-0.1, -0.05) is 0 Å². The van der Waals surface area contributed by atoms with Crippen LogP contribution in [0.4, 0.5) is 10.3 Å². The normalized spacial score (nSPS) is 11.2. The molecule has 3 aromatic heterocycles. The van der Waals surface area contributed by atoms with Crippen molar-refractivity contribution in [3.8, 4) is 11.3 Å². The minimum absolute atomic E-state index is 0.244. The number of hydrogen-bond acceptors (Lipinski definition) is 6. The molecule has 0 aliphatic rings. The molecule has 0 saturated heterocycles. The number of thiophene rings is 1. The van der Waals surface area contributed by atoms with E-state index in [0.29, 0.717) is 10.8 Å². The molecule has 0 bridgehead atoms. The zero-order valence-corrected chi connectivity index (χ0v) is 12.8. The van der Waals surface area contributed by atoms with Crippen LogP contribution in [0.5, 0.6) is 0 Å². The fourth-order valence-corrected chi connectivity index (χ4v) is 2.47. The molecule has 0 radical (unpaired) electrons. The zero-order valence-electron chi connectivity index (χ0n) is 12.0. The number of nitrogens with one attached hydrogen (secondary N) is 1. The minimum atomic E-state index is -0.244. The summed E-state index contributed by atoms with van der Waals surface area (Å²) in [5, 5.41) is 7.97. The summed E-state index contributed by atoms with van der Waals surface area (Å²) in [4.78, 5) is 9.21. The van der Waals surface area contributed by atoms with Crippen molar-refractivity contribution in [1.82, 2.24) is 19.7 Å². The van der Waals surface area contributed by atoms with E-state index in [-0.39, 0.29) is 5.13 Å². The van der Waals surface area contributed by atoms with Crippen LogP contribution in [0.1, 0.15) is 10.6 Å². The van der Waals surface area contributed by atoms with Crippen molar-refractivity contribution in [2.24, 2.45) is 12.1 Å². The molecule has 0 aliphatic heterocycles. The Morgan fingerprint density at radius 1 is 1.36 bits per heavy atom. The lowest BCUT2D eigenvalue weighted by molar-refractivity contribution is 0.657. The van der Waals surface area contributed by atoms with E-state index in [1.54, 1.807) is 23.1 Å². The summed E-state index contributed by atoms with van der Waals surface area (Å²) in [6.07, 6.45) is 4.94. The predicted molar refractivity (Wildman–Crippen MR) is 84.5 cm³/mol. The molecule has 22 heavy (non-hydrogen) atoms. The maximum absolute atomic E-state index is 12.9. The van der Waals surface area contributed by atoms with E-state index in [2.05, 4.69) is 25.6 Å². The average Bonchev–Trinajstić information content (AvgIpc) is 3.07. The quantitative estimate of drug-likeness (QED) is 0.593. The second kappa shape index (κ2) is 6.02. The first-order chi connectivity index (χ1) is 10.6. The lowest BCUT2D eigenvalue weighted by Gasteiger charge is -2.02. The molecule has 0 amide bonds. The molecule has 1 N–H and O–H groups in total. The molecular weight excluding hydrogens is 303 g/mol. The molecule has 0 atom stereocenters. The molecule has 0 spiro atoms. The van der Waals surface area contributed by atoms with Gasteiger partial charge in [-0.25, -0.2) is 15.4 Å². The number of hydrogen-bond donors (Lipinski definition) is 1. The van der Waals surface area contributed by atoms with Crippen molar-refractivity contribution < 1.29 is 4.39 Å². The van der Waals surface area contributed by atoms with Crippen LogP contribution >= 0.6 is 11.3 Å². The summed E-state index contributed by atoms with van der Waals surface area (Å²) >= 11 is 1.02. The first kappa shape index (κ1) is 14.3. The zero-order chi connectivity index (χ0) is 15.5. The van der Waals surface area contributed by atoms with Crippen LogP contribution in [0.25, 0.3) is 11.3 Å². The van der Waals surface area contributed by atoms with Crippen LogP contribution in [0, 0.1) is 12.1 Å². The Morgan fingerprint density at radius 3 is 2.91 bits per heavy atom. The van der Waals surface area contributed by atoms with Gasteiger partial charge in [-0.05, 0) is 25.1 Å². The third-order valence-electron chi connectivity index (χ3n) is 3.12. The SMILES string of the molecule is Cc1c(-c2ccnc(N/N=C/c3ccc(F)s3)n2)cnn1C. The molecule has 0 saturated carbocycles. The summed E-state index contributed by atoms with van der Waals surface area (Å²) in [6, 6.07) is 4.86. The summed E-state index contributed by atoms with van der Waals surface area (Å²) in [5.41, 5.74) is 5.47. The molecule has 6 nitrogen and oxygen atoms in total. The van der Waals surface area contributed by atoms with Gasteiger partial charge in [0, 0.05) is 24.5 Å². The van der Waals surface area contributed by atoms with Gasteiger partial charge in [0.05, 0.1) is 23.0 Å². The number of halogens is 1. The predicted octanol–water partition coefficient (Wildman–Crippen LogP) is 2.83.